The van der Waals surface area contributed by atoms with Crippen LogP contribution >= 0.6 is 0 Å². The summed E-state index contributed by atoms with van der Waals surface area (Å²) in [6.45, 7) is 9.37. The van der Waals surface area contributed by atoms with Crippen LogP contribution in [0.1, 0.15) is 61.8 Å². The molecule has 1 saturated heterocycles. The van der Waals surface area contributed by atoms with Crippen LogP contribution in [0, 0.1) is 10.8 Å². The lowest BCUT2D eigenvalue weighted by Gasteiger charge is -2.32. The van der Waals surface area contributed by atoms with Crippen molar-refractivity contribution in [3.8, 4) is 0 Å². The molecule has 150 valence electrons. The molecule has 7 nitrogen and oxygen atoms in total. The Kier molecular flexibility index (Phi) is 4.81. The molecule has 28 heavy (non-hydrogen) atoms. The zero-order valence-electron chi connectivity index (χ0n) is 16.8. The Bertz CT molecular complexity index is 816. The lowest BCUT2D eigenvalue weighted by atomic mass is 9.87. The maximum absolute atomic E-state index is 13.1. The maximum atomic E-state index is 13.1. The first-order valence-electron chi connectivity index (χ1n) is 9.26. The van der Waals surface area contributed by atoms with Crippen LogP contribution in [0.2, 0.25) is 0 Å². The van der Waals surface area contributed by atoms with E-state index in [4.69, 9.17) is 9.47 Å². The topological polar surface area (TPSA) is 90.0 Å². The van der Waals surface area contributed by atoms with Crippen molar-refractivity contribution >= 4 is 23.8 Å². The number of imide groups is 1. The van der Waals surface area contributed by atoms with Gasteiger partial charge in [0.15, 0.2) is 0 Å². The minimum absolute atomic E-state index is 0.140. The number of benzene rings is 1. The van der Waals surface area contributed by atoms with Crippen molar-refractivity contribution in [1.29, 1.82) is 0 Å². The smallest absolute Gasteiger partial charge is 0.348 e. The van der Waals surface area contributed by atoms with Crippen molar-refractivity contribution < 1.29 is 28.7 Å². The van der Waals surface area contributed by atoms with E-state index in [9.17, 15) is 19.2 Å². The second kappa shape index (κ2) is 6.72. The highest BCUT2D eigenvalue weighted by Gasteiger charge is 2.50. The van der Waals surface area contributed by atoms with Crippen molar-refractivity contribution in [1.82, 2.24) is 4.90 Å². The second-order valence-corrected chi connectivity index (χ2v) is 9.22. The van der Waals surface area contributed by atoms with Crippen molar-refractivity contribution in [2.75, 3.05) is 6.61 Å². The molecule has 1 fully saturated rings. The van der Waals surface area contributed by atoms with E-state index in [2.05, 4.69) is 0 Å². The Hall–Kier alpha value is -2.70. The Morgan fingerprint density at radius 1 is 1.18 bits per heavy atom. The largest absolute Gasteiger partial charge is 0.462 e. The van der Waals surface area contributed by atoms with Crippen molar-refractivity contribution in [3.63, 3.8) is 0 Å². The molecule has 2 amide bonds. The first kappa shape index (κ1) is 20.0. The summed E-state index contributed by atoms with van der Waals surface area (Å²) in [6.07, 6.45) is -0.864. The van der Waals surface area contributed by atoms with Gasteiger partial charge in [0.1, 0.15) is 12.6 Å². The zero-order valence-corrected chi connectivity index (χ0v) is 16.8. The fourth-order valence-corrected chi connectivity index (χ4v) is 3.48. The van der Waals surface area contributed by atoms with Gasteiger partial charge in [-0.25, -0.2) is 9.59 Å². The van der Waals surface area contributed by atoms with Gasteiger partial charge in [-0.2, -0.15) is 0 Å². The van der Waals surface area contributed by atoms with Gasteiger partial charge >= 0.3 is 11.9 Å². The highest BCUT2D eigenvalue weighted by atomic mass is 16.6. The summed E-state index contributed by atoms with van der Waals surface area (Å²) < 4.78 is 10.5. The molecule has 0 radical (unpaired) electrons. The SMILES string of the molecule is CC(C)(C)C[C@H](C(=O)O[C@H]1C(=O)OCC1(C)C)N1C(=O)c2ccccc2C1=O. The van der Waals surface area contributed by atoms with E-state index < -0.39 is 41.3 Å². The number of cyclic esters (lactones) is 1. The molecule has 7 heteroatoms. The summed E-state index contributed by atoms with van der Waals surface area (Å²) >= 11 is 0. The average molecular weight is 387 g/mol. The minimum atomic E-state index is -1.13. The van der Waals surface area contributed by atoms with Crippen LogP contribution in [0.15, 0.2) is 24.3 Å². The van der Waals surface area contributed by atoms with E-state index in [1.165, 1.54) is 0 Å². The Morgan fingerprint density at radius 2 is 1.71 bits per heavy atom. The Balaban J connectivity index is 1.92. The molecule has 0 unspecified atom stereocenters. The van der Waals surface area contributed by atoms with E-state index in [-0.39, 0.29) is 29.6 Å². The van der Waals surface area contributed by atoms with E-state index in [1.54, 1.807) is 38.1 Å². The number of hydrogen-bond acceptors (Lipinski definition) is 6. The molecule has 2 aliphatic rings. The number of esters is 2. The van der Waals surface area contributed by atoms with Gasteiger partial charge in [-0.1, -0.05) is 46.8 Å². The van der Waals surface area contributed by atoms with Gasteiger partial charge < -0.3 is 9.47 Å². The van der Waals surface area contributed by atoms with Crippen LogP contribution < -0.4 is 0 Å². The molecule has 2 heterocycles. The standard InChI is InChI=1S/C21H25NO6/c1-20(2,3)10-14(18(25)28-15-19(26)27-11-21(15,4)5)22-16(23)12-8-6-7-9-13(12)17(22)24/h6-9,14-15H,10-11H2,1-5H3/t14-,15+/m1/s1. The number of nitrogens with zero attached hydrogens (tertiary/aromatic N) is 1. The third-order valence-corrected chi connectivity index (χ3v) is 4.96. The number of hydrogen-bond donors (Lipinski definition) is 0. The molecule has 0 spiro atoms. The molecule has 2 aliphatic heterocycles. The Morgan fingerprint density at radius 3 is 2.14 bits per heavy atom. The molecular formula is C21H25NO6. The van der Waals surface area contributed by atoms with Crippen LogP contribution in [-0.4, -0.2) is 47.4 Å². The summed E-state index contributed by atoms with van der Waals surface area (Å²) in [6, 6.07) is 5.33. The normalized spacial score (nSPS) is 22.1. The quantitative estimate of drug-likeness (QED) is 0.583. The van der Waals surface area contributed by atoms with E-state index in [0.29, 0.717) is 0 Å². The molecule has 2 atom stereocenters. The third kappa shape index (κ3) is 3.53. The first-order chi connectivity index (χ1) is 12.9. The lowest BCUT2D eigenvalue weighted by molar-refractivity contribution is -0.166. The molecule has 0 aromatic heterocycles. The van der Waals surface area contributed by atoms with Gasteiger partial charge in [-0.15, -0.1) is 0 Å². The summed E-state index contributed by atoms with van der Waals surface area (Å²) in [5.74, 6) is -2.45. The molecule has 0 N–H and O–H groups in total. The van der Waals surface area contributed by atoms with Gasteiger partial charge in [0, 0.05) is 5.41 Å². The highest BCUT2D eigenvalue weighted by molar-refractivity contribution is 6.22. The lowest BCUT2D eigenvalue weighted by Crippen LogP contribution is -2.49. The monoisotopic (exact) mass is 387 g/mol. The van der Waals surface area contributed by atoms with Gasteiger partial charge in [-0.3, -0.25) is 14.5 Å². The van der Waals surface area contributed by atoms with Gasteiger partial charge in [-0.05, 0) is 24.0 Å². The van der Waals surface area contributed by atoms with Gasteiger partial charge in [0.25, 0.3) is 11.8 Å². The van der Waals surface area contributed by atoms with E-state index in [0.717, 1.165) is 4.90 Å². The fraction of sp³-hybridized carbons (Fsp3) is 0.524. The number of carbonyl (C=O) groups excluding carboxylic acids is 4. The predicted octanol–water partition coefficient (Wildman–Crippen LogP) is 2.58. The number of rotatable bonds is 4. The zero-order chi connectivity index (χ0) is 20.9. The number of carbonyl (C=O) groups is 4. The van der Waals surface area contributed by atoms with Crippen molar-refractivity contribution in [3.05, 3.63) is 35.4 Å². The average Bonchev–Trinajstić information content (AvgIpc) is 3.00. The molecule has 3 rings (SSSR count). The molecular weight excluding hydrogens is 362 g/mol. The van der Waals surface area contributed by atoms with E-state index in [1.807, 2.05) is 20.8 Å². The number of ether oxygens (including phenoxy) is 2. The van der Waals surface area contributed by atoms with Gasteiger partial charge in [0.2, 0.25) is 6.10 Å². The molecule has 1 aromatic rings. The molecule has 0 aliphatic carbocycles. The molecule has 0 saturated carbocycles. The van der Waals surface area contributed by atoms with Crippen LogP contribution in [0.5, 0.6) is 0 Å². The van der Waals surface area contributed by atoms with Crippen LogP contribution in [0.4, 0.5) is 0 Å². The Labute approximate surface area is 164 Å². The fourth-order valence-electron chi connectivity index (χ4n) is 3.48. The van der Waals surface area contributed by atoms with E-state index >= 15 is 0 Å². The summed E-state index contributed by atoms with van der Waals surface area (Å²) in [5, 5.41) is 0. The summed E-state index contributed by atoms with van der Waals surface area (Å²) in [4.78, 5) is 51.8. The summed E-state index contributed by atoms with van der Waals surface area (Å²) in [7, 11) is 0. The van der Waals surface area contributed by atoms with Crippen LogP contribution in [0.25, 0.3) is 0 Å². The molecule has 0 bridgehead atoms. The first-order valence-corrected chi connectivity index (χ1v) is 9.26. The summed E-state index contributed by atoms with van der Waals surface area (Å²) in [5.41, 5.74) is -0.522. The highest BCUT2D eigenvalue weighted by Crippen LogP contribution is 2.34. The maximum Gasteiger partial charge on any atom is 0.348 e. The number of amides is 2. The van der Waals surface area contributed by atoms with Crippen LogP contribution in [0.3, 0.4) is 0 Å². The van der Waals surface area contributed by atoms with Crippen LogP contribution in [-0.2, 0) is 19.1 Å². The van der Waals surface area contributed by atoms with Crippen molar-refractivity contribution in [2.45, 2.75) is 53.2 Å². The van der Waals surface area contributed by atoms with Gasteiger partial charge in [0.05, 0.1) is 11.1 Å². The number of fused-ring (bicyclic) bond motifs is 1. The molecule has 1 aromatic carbocycles. The predicted molar refractivity (Wildman–Crippen MR) is 99.4 cm³/mol. The van der Waals surface area contributed by atoms with Crippen molar-refractivity contribution in [2.24, 2.45) is 10.8 Å². The second-order valence-electron chi connectivity index (χ2n) is 9.22. The minimum Gasteiger partial charge on any atom is -0.462 e. The third-order valence-electron chi connectivity index (χ3n) is 4.96.